The van der Waals surface area contributed by atoms with Gasteiger partial charge >= 0.3 is 0 Å². The van der Waals surface area contributed by atoms with Crippen molar-refractivity contribution in [1.82, 2.24) is 4.57 Å². The number of nitrogens with one attached hydrogen (secondary N) is 1. The Morgan fingerprint density at radius 3 is 2.64 bits per heavy atom. The third kappa shape index (κ3) is 3.68. The lowest BCUT2D eigenvalue weighted by Gasteiger charge is -2.30. The second-order valence-corrected chi connectivity index (χ2v) is 7.02. The van der Waals surface area contributed by atoms with E-state index in [9.17, 15) is 4.79 Å². The van der Waals surface area contributed by atoms with Crippen LogP contribution < -0.4 is 10.2 Å². The van der Waals surface area contributed by atoms with Crippen molar-refractivity contribution in [3.8, 4) is 0 Å². The molecule has 0 unspecified atom stereocenters. The maximum Gasteiger partial charge on any atom is 0.257 e. The molecule has 1 aromatic carbocycles. The Morgan fingerprint density at radius 2 is 1.89 bits per heavy atom. The van der Waals surface area contributed by atoms with Crippen LogP contribution in [0.2, 0.25) is 0 Å². The van der Waals surface area contributed by atoms with Crippen LogP contribution in [0.3, 0.4) is 0 Å². The number of carbonyl (C=O) groups excluding carboxylic acids is 1. The zero-order valence-electron chi connectivity index (χ0n) is 16.3. The van der Waals surface area contributed by atoms with Gasteiger partial charge in [0.2, 0.25) is 0 Å². The van der Waals surface area contributed by atoms with Crippen LogP contribution in [-0.2, 0) is 11.3 Å². The summed E-state index contributed by atoms with van der Waals surface area (Å²) in [6, 6.07) is 13.7. The van der Waals surface area contributed by atoms with E-state index in [-0.39, 0.29) is 5.91 Å². The molecule has 3 aromatic rings. The van der Waals surface area contributed by atoms with E-state index in [0.717, 1.165) is 41.6 Å². The Bertz CT molecular complexity index is 954. The van der Waals surface area contributed by atoms with Crippen LogP contribution in [0.5, 0.6) is 0 Å². The fraction of sp³-hybridized carbons (Fsp3) is 0.318. The topological polar surface area (TPSA) is 59.6 Å². The molecule has 0 atom stereocenters. The van der Waals surface area contributed by atoms with Crippen LogP contribution in [-0.4, -0.2) is 36.8 Å². The van der Waals surface area contributed by atoms with Gasteiger partial charge in [0.25, 0.3) is 5.91 Å². The second kappa shape index (κ2) is 7.94. The van der Waals surface area contributed by atoms with Gasteiger partial charge in [0.15, 0.2) is 0 Å². The highest BCUT2D eigenvalue weighted by molar-refractivity contribution is 6.07. The van der Waals surface area contributed by atoms with Crippen molar-refractivity contribution in [3.05, 3.63) is 71.4 Å². The number of morpholine rings is 1. The summed E-state index contributed by atoms with van der Waals surface area (Å²) < 4.78 is 13.0. The highest BCUT2D eigenvalue weighted by atomic mass is 16.5. The molecule has 146 valence electrons. The second-order valence-electron chi connectivity index (χ2n) is 7.02. The van der Waals surface area contributed by atoms with Gasteiger partial charge in [-0.15, -0.1) is 0 Å². The van der Waals surface area contributed by atoms with Crippen molar-refractivity contribution in [3.63, 3.8) is 0 Å². The van der Waals surface area contributed by atoms with Crippen LogP contribution in [0, 0.1) is 13.8 Å². The summed E-state index contributed by atoms with van der Waals surface area (Å²) in [4.78, 5) is 15.3. The molecular formula is C22H25N3O3. The average Bonchev–Trinajstić information content (AvgIpc) is 3.33. The zero-order chi connectivity index (χ0) is 19.5. The number of carbonyl (C=O) groups is 1. The number of aryl methyl sites for hydroxylation is 1. The lowest BCUT2D eigenvalue weighted by atomic mass is 10.2. The van der Waals surface area contributed by atoms with E-state index in [2.05, 4.69) is 14.8 Å². The number of rotatable bonds is 5. The highest BCUT2D eigenvalue weighted by Crippen LogP contribution is 2.27. The van der Waals surface area contributed by atoms with Crippen LogP contribution in [0.25, 0.3) is 0 Å². The third-order valence-corrected chi connectivity index (χ3v) is 5.22. The summed E-state index contributed by atoms with van der Waals surface area (Å²) >= 11 is 0. The maximum absolute atomic E-state index is 13.0. The molecule has 1 aliphatic heterocycles. The van der Waals surface area contributed by atoms with Gasteiger partial charge in [-0.1, -0.05) is 12.1 Å². The third-order valence-electron chi connectivity index (χ3n) is 5.22. The summed E-state index contributed by atoms with van der Waals surface area (Å²) in [6.45, 7) is 7.65. The van der Waals surface area contributed by atoms with Gasteiger partial charge in [0.05, 0.1) is 43.0 Å². The molecule has 2 aromatic heterocycles. The quantitative estimate of drug-likeness (QED) is 0.732. The molecule has 4 rings (SSSR count). The number of hydrogen-bond acceptors (Lipinski definition) is 4. The lowest BCUT2D eigenvalue weighted by Crippen LogP contribution is -2.36. The predicted octanol–water partition coefficient (Wildman–Crippen LogP) is 3.84. The minimum atomic E-state index is -0.0977. The average molecular weight is 379 g/mol. The minimum Gasteiger partial charge on any atom is -0.467 e. The molecule has 0 spiro atoms. The number of anilines is 2. The Hall–Kier alpha value is -2.99. The van der Waals surface area contributed by atoms with Gasteiger partial charge in [-0.3, -0.25) is 4.79 Å². The normalized spacial score (nSPS) is 14.3. The Labute approximate surface area is 164 Å². The molecule has 0 bridgehead atoms. The molecule has 1 fully saturated rings. The molecule has 6 nitrogen and oxygen atoms in total. The van der Waals surface area contributed by atoms with Crippen molar-refractivity contribution in [2.75, 3.05) is 36.5 Å². The van der Waals surface area contributed by atoms with Crippen molar-refractivity contribution >= 4 is 17.3 Å². The smallest absolute Gasteiger partial charge is 0.257 e. The summed E-state index contributed by atoms with van der Waals surface area (Å²) in [5.41, 5.74) is 4.49. The molecule has 1 saturated heterocycles. The van der Waals surface area contributed by atoms with Gasteiger partial charge in [0.1, 0.15) is 5.76 Å². The summed E-state index contributed by atoms with van der Waals surface area (Å²) in [7, 11) is 0. The highest BCUT2D eigenvalue weighted by Gasteiger charge is 2.19. The van der Waals surface area contributed by atoms with E-state index in [4.69, 9.17) is 9.15 Å². The number of amides is 1. The van der Waals surface area contributed by atoms with Crippen LogP contribution in [0.4, 0.5) is 11.4 Å². The Balaban J connectivity index is 1.56. The minimum absolute atomic E-state index is 0.0977. The standard InChI is InChI=1S/C22H25N3O3/c1-16-14-19(17(2)25(16)15-18-6-5-11-28-18)22(26)23-20-7-3-4-8-21(20)24-9-12-27-13-10-24/h3-8,11,14H,9-10,12-13,15H2,1-2H3,(H,23,26). The van der Waals surface area contributed by atoms with Gasteiger partial charge in [-0.2, -0.15) is 0 Å². The van der Waals surface area contributed by atoms with E-state index < -0.39 is 0 Å². The van der Waals surface area contributed by atoms with E-state index in [1.165, 1.54) is 0 Å². The zero-order valence-corrected chi connectivity index (χ0v) is 16.3. The number of hydrogen-bond donors (Lipinski definition) is 1. The summed E-state index contributed by atoms with van der Waals surface area (Å²) in [6.07, 6.45) is 1.67. The molecular weight excluding hydrogens is 354 g/mol. The van der Waals surface area contributed by atoms with Crippen LogP contribution >= 0.6 is 0 Å². The first-order valence-electron chi connectivity index (χ1n) is 9.55. The van der Waals surface area contributed by atoms with Crippen molar-refractivity contribution in [1.29, 1.82) is 0 Å². The first-order valence-corrected chi connectivity index (χ1v) is 9.55. The fourth-order valence-corrected chi connectivity index (χ4v) is 3.68. The molecule has 3 heterocycles. The van der Waals surface area contributed by atoms with E-state index in [0.29, 0.717) is 25.3 Å². The van der Waals surface area contributed by atoms with Gasteiger partial charge in [0, 0.05) is 24.5 Å². The predicted molar refractivity (Wildman–Crippen MR) is 109 cm³/mol. The van der Waals surface area contributed by atoms with Crippen molar-refractivity contribution in [2.45, 2.75) is 20.4 Å². The molecule has 1 amide bonds. The number of para-hydroxylation sites is 2. The number of nitrogens with zero attached hydrogens (tertiary/aromatic N) is 2. The summed E-state index contributed by atoms with van der Waals surface area (Å²) in [5.74, 6) is 0.769. The molecule has 0 aliphatic carbocycles. The molecule has 1 aliphatic rings. The van der Waals surface area contributed by atoms with Crippen molar-refractivity contribution < 1.29 is 13.9 Å². The number of benzene rings is 1. The number of aromatic nitrogens is 1. The van der Waals surface area contributed by atoms with Gasteiger partial charge in [-0.25, -0.2) is 0 Å². The monoisotopic (exact) mass is 379 g/mol. The number of ether oxygens (including phenoxy) is 1. The lowest BCUT2D eigenvalue weighted by molar-refractivity contribution is 0.102. The van der Waals surface area contributed by atoms with Crippen LogP contribution in [0.1, 0.15) is 27.5 Å². The van der Waals surface area contributed by atoms with Gasteiger partial charge < -0.3 is 23.9 Å². The van der Waals surface area contributed by atoms with E-state index in [1.807, 2.05) is 56.3 Å². The first kappa shape index (κ1) is 18.4. The number of furan rings is 1. The SMILES string of the molecule is Cc1cc(C(=O)Nc2ccccc2N2CCOCC2)c(C)n1Cc1ccco1. The summed E-state index contributed by atoms with van der Waals surface area (Å²) in [5, 5.41) is 3.11. The molecule has 6 heteroatoms. The molecule has 1 N–H and O–H groups in total. The molecule has 0 saturated carbocycles. The van der Waals surface area contributed by atoms with E-state index in [1.54, 1.807) is 6.26 Å². The Morgan fingerprint density at radius 1 is 1.11 bits per heavy atom. The molecule has 28 heavy (non-hydrogen) atoms. The van der Waals surface area contributed by atoms with E-state index >= 15 is 0 Å². The molecule has 0 radical (unpaired) electrons. The Kier molecular flexibility index (Phi) is 5.21. The maximum atomic E-state index is 13.0. The fourth-order valence-electron chi connectivity index (χ4n) is 3.68. The van der Waals surface area contributed by atoms with Gasteiger partial charge in [-0.05, 0) is 44.2 Å². The first-order chi connectivity index (χ1) is 13.6. The van der Waals surface area contributed by atoms with Crippen molar-refractivity contribution in [2.24, 2.45) is 0 Å². The van der Waals surface area contributed by atoms with Crippen LogP contribution in [0.15, 0.2) is 53.1 Å². The largest absolute Gasteiger partial charge is 0.467 e.